The number of thiophene rings is 1. The third kappa shape index (κ3) is 5.67. The lowest BCUT2D eigenvalue weighted by Crippen LogP contribution is -2.33. The van der Waals surface area contributed by atoms with E-state index in [2.05, 4.69) is 15.8 Å². The summed E-state index contributed by atoms with van der Waals surface area (Å²) >= 11 is 1.41. The smallest absolute Gasteiger partial charge is 0.280 e. The number of nitrogens with two attached hydrogens (primary N) is 1. The first-order chi connectivity index (χ1) is 19.3. The number of nitrogens with zero attached hydrogens (tertiary/aromatic N) is 1. The van der Waals surface area contributed by atoms with E-state index in [1.54, 1.807) is 43.3 Å². The first kappa shape index (κ1) is 26.9. The molecular formula is C30H28N4O5S. The molecular weight excluding hydrogens is 528 g/mol. The van der Waals surface area contributed by atoms with E-state index in [9.17, 15) is 19.5 Å². The van der Waals surface area contributed by atoms with Gasteiger partial charge in [0.15, 0.2) is 6.10 Å². The number of fused-ring (bicyclic) bond motifs is 2. The molecule has 1 aliphatic carbocycles. The highest BCUT2D eigenvalue weighted by atomic mass is 32.1. The van der Waals surface area contributed by atoms with E-state index < -0.39 is 17.9 Å². The van der Waals surface area contributed by atoms with Gasteiger partial charge in [-0.3, -0.25) is 14.4 Å². The van der Waals surface area contributed by atoms with E-state index >= 15 is 0 Å². The van der Waals surface area contributed by atoms with Crippen molar-refractivity contribution in [3.05, 3.63) is 87.8 Å². The second kappa shape index (κ2) is 11.6. The fourth-order valence-electron chi connectivity index (χ4n) is 4.70. The van der Waals surface area contributed by atoms with Crippen LogP contribution in [0.2, 0.25) is 0 Å². The van der Waals surface area contributed by atoms with Crippen LogP contribution in [0.4, 0.5) is 5.00 Å². The van der Waals surface area contributed by atoms with E-state index in [1.165, 1.54) is 17.6 Å². The van der Waals surface area contributed by atoms with E-state index in [-0.39, 0.29) is 11.7 Å². The van der Waals surface area contributed by atoms with Crippen molar-refractivity contribution in [1.29, 1.82) is 0 Å². The number of anilines is 1. The van der Waals surface area contributed by atoms with Crippen molar-refractivity contribution in [2.45, 2.75) is 38.7 Å². The minimum atomic E-state index is -0.881. The molecule has 10 heteroatoms. The van der Waals surface area contributed by atoms with Gasteiger partial charge in [0.05, 0.1) is 11.8 Å². The summed E-state index contributed by atoms with van der Waals surface area (Å²) < 4.78 is 5.71. The molecule has 5 N–H and O–H groups in total. The number of ether oxygens (including phenoxy) is 1. The normalized spacial score (nSPS) is 13.5. The molecule has 3 aromatic carbocycles. The molecule has 1 heterocycles. The molecule has 0 spiro atoms. The Balaban J connectivity index is 1.19. The zero-order valence-electron chi connectivity index (χ0n) is 21.8. The van der Waals surface area contributed by atoms with Gasteiger partial charge < -0.3 is 20.9 Å². The first-order valence-electron chi connectivity index (χ1n) is 12.9. The number of rotatable bonds is 8. The Kier molecular flexibility index (Phi) is 7.79. The molecule has 204 valence electrons. The number of carbonyl (C=O) groups excluding carboxylic acids is 3. The maximum Gasteiger partial charge on any atom is 0.280 e. The maximum atomic E-state index is 12.9. The van der Waals surface area contributed by atoms with Crippen LogP contribution in [-0.4, -0.2) is 35.1 Å². The fraction of sp³-hybridized carbons (Fsp3) is 0.200. The van der Waals surface area contributed by atoms with E-state index in [0.29, 0.717) is 27.4 Å². The third-order valence-corrected chi connectivity index (χ3v) is 7.97. The quantitative estimate of drug-likeness (QED) is 0.183. The molecule has 0 unspecified atom stereocenters. The molecule has 4 aromatic rings. The van der Waals surface area contributed by atoms with Crippen LogP contribution in [0.15, 0.2) is 65.8 Å². The minimum Gasteiger partial charge on any atom is -0.507 e. The zero-order valence-corrected chi connectivity index (χ0v) is 22.6. The van der Waals surface area contributed by atoms with Gasteiger partial charge >= 0.3 is 0 Å². The lowest BCUT2D eigenvalue weighted by atomic mass is 9.95. The summed E-state index contributed by atoms with van der Waals surface area (Å²) in [7, 11) is 0. The molecule has 0 aliphatic heterocycles. The van der Waals surface area contributed by atoms with E-state index in [0.717, 1.165) is 46.9 Å². The Morgan fingerprint density at radius 3 is 2.58 bits per heavy atom. The van der Waals surface area contributed by atoms with Crippen molar-refractivity contribution in [3.63, 3.8) is 0 Å². The van der Waals surface area contributed by atoms with Crippen LogP contribution >= 0.6 is 11.3 Å². The van der Waals surface area contributed by atoms with Gasteiger partial charge in [-0.25, -0.2) is 5.43 Å². The van der Waals surface area contributed by atoms with Crippen LogP contribution in [-0.2, 0) is 17.6 Å². The van der Waals surface area contributed by atoms with Gasteiger partial charge in [-0.2, -0.15) is 5.10 Å². The number of phenolic OH excluding ortho intramolecular Hbond substituents is 1. The number of hydrogen-bond donors (Lipinski definition) is 4. The summed E-state index contributed by atoms with van der Waals surface area (Å²) in [6.07, 6.45) is 4.23. The van der Waals surface area contributed by atoms with Gasteiger partial charge in [-0.15, -0.1) is 11.3 Å². The van der Waals surface area contributed by atoms with Crippen LogP contribution in [0.25, 0.3) is 10.8 Å². The lowest BCUT2D eigenvalue weighted by Gasteiger charge is -2.13. The number of aromatic hydroxyl groups is 1. The molecule has 3 amide bonds. The summed E-state index contributed by atoms with van der Waals surface area (Å²) in [5.74, 6) is -0.958. The van der Waals surface area contributed by atoms with Gasteiger partial charge in [0.2, 0.25) is 0 Å². The number of hydrazone groups is 1. The van der Waals surface area contributed by atoms with Crippen molar-refractivity contribution < 1.29 is 24.2 Å². The standard InChI is InChI=1S/C30H28N4O5S/c1-17(28(37)34-32-16-23-21-7-3-2-6-18(21)12-15-24(23)35)39-20-13-10-19(11-14-20)29(38)33-30-26(27(31)36)22-8-4-5-9-25(22)40-30/h2-3,6-7,10-17,35H,4-5,8-9H2,1H3,(H2,31,36)(H,33,38)(H,34,37)/b32-16+/t17-/m0/s1. The summed E-state index contributed by atoms with van der Waals surface area (Å²) in [6.45, 7) is 1.57. The van der Waals surface area contributed by atoms with Crippen molar-refractivity contribution in [2.75, 3.05) is 5.32 Å². The summed E-state index contributed by atoms with van der Waals surface area (Å²) in [5, 5.41) is 19.3. The Bertz CT molecular complexity index is 1630. The predicted octanol–water partition coefficient (Wildman–Crippen LogP) is 4.75. The number of benzene rings is 3. The van der Waals surface area contributed by atoms with Gasteiger partial charge in [0.1, 0.15) is 16.5 Å². The van der Waals surface area contributed by atoms with Crippen molar-refractivity contribution in [1.82, 2.24) is 5.43 Å². The molecule has 0 saturated carbocycles. The second-order valence-electron chi connectivity index (χ2n) is 9.47. The number of carbonyl (C=O) groups is 3. The van der Waals surface area contributed by atoms with Crippen LogP contribution in [0.3, 0.4) is 0 Å². The highest BCUT2D eigenvalue weighted by Gasteiger charge is 2.25. The molecule has 1 atom stereocenters. The van der Waals surface area contributed by atoms with Crippen LogP contribution in [0, 0.1) is 0 Å². The van der Waals surface area contributed by atoms with Gasteiger partial charge in [-0.05, 0) is 79.3 Å². The predicted molar refractivity (Wildman–Crippen MR) is 155 cm³/mol. The number of aryl methyl sites for hydroxylation is 1. The molecule has 0 saturated heterocycles. The lowest BCUT2D eigenvalue weighted by molar-refractivity contribution is -0.127. The molecule has 0 fully saturated rings. The highest BCUT2D eigenvalue weighted by Crippen LogP contribution is 2.38. The third-order valence-electron chi connectivity index (χ3n) is 6.76. The average molecular weight is 557 g/mol. The number of primary amides is 1. The van der Waals surface area contributed by atoms with Crippen LogP contribution < -0.4 is 21.2 Å². The minimum absolute atomic E-state index is 0.0506. The van der Waals surface area contributed by atoms with E-state index in [1.807, 2.05) is 24.3 Å². The van der Waals surface area contributed by atoms with Crippen molar-refractivity contribution in [2.24, 2.45) is 10.8 Å². The molecule has 0 radical (unpaired) electrons. The Labute approximate surface area is 234 Å². The Morgan fingerprint density at radius 1 is 1.05 bits per heavy atom. The van der Waals surface area contributed by atoms with Gasteiger partial charge in [0.25, 0.3) is 17.7 Å². The Morgan fingerprint density at radius 2 is 1.80 bits per heavy atom. The molecule has 40 heavy (non-hydrogen) atoms. The number of nitrogens with one attached hydrogen (secondary N) is 2. The molecule has 5 rings (SSSR count). The molecule has 0 bridgehead atoms. The second-order valence-corrected chi connectivity index (χ2v) is 10.6. The topological polar surface area (TPSA) is 143 Å². The molecule has 1 aliphatic rings. The van der Waals surface area contributed by atoms with Gasteiger partial charge in [0, 0.05) is 16.0 Å². The number of hydrogen-bond acceptors (Lipinski definition) is 7. The monoisotopic (exact) mass is 556 g/mol. The van der Waals surface area contributed by atoms with Crippen LogP contribution in [0.1, 0.15) is 56.5 Å². The van der Waals surface area contributed by atoms with E-state index in [4.69, 9.17) is 10.5 Å². The Hall–Kier alpha value is -4.70. The summed E-state index contributed by atoms with van der Waals surface area (Å²) in [4.78, 5) is 38.6. The maximum absolute atomic E-state index is 12.9. The molecule has 1 aromatic heterocycles. The average Bonchev–Trinajstić information content (AvgIpc) is 3.32. The summed E-state index contributed by atoms with van der Waals surface area (Å²) in [5.41, 5.74) is 10.3. The summed E-state index contributed by atoms with van der Waals surface area (Å²) in [6, 6.07) is 17.2. The van der Waals surface area contributed by atoms with Gasteiger partial charge in [-0.1, -0.05) is 30.3 Å². The SMILES string of the molecule is C[C@H](Oc1ccc(C(=O)Nc2sc3c(c2C(N)=O)CCCC3)cc1)C(=O)N/N=C/c1c(O)ccc2ccccc12. The highest BCUT2D eigenvalue weighted by molar-refractivity contribution is 7.17. The van der Waals surface area contributed by atoms with Crippen molar-refractivity contribution >= 4 is 51.0 Å². The number of amides is 3. The van der Waals surface area contributed by atoms with Crippen LogP contribution in [0.5, 0.6) is 11.5 Å². The zero-order chi connectivity index (χ0) is 28.2. The van der Waals surface area contributed by atoms with Crippen molar-refractivity contribution in [3.8, 4) is 11.5 Å². The first-order valence-corrected chi connectivity index (χ1v) is 13.7. The molecule has 9 nitrogen and oxygen atoms in total. The largest absolute Gasteiger partial charge is 0.507 e. The fourth-order valence-corrected chi connectivity index (χ4v) is 5.99. The number of phenols is 1.